The molecule has 0 bridgehead atoms. The Labute approximate surface area is 309 Å². The molecule has 0 aliphatic heterocycles. The van der Waals surface area contributed by atoms with E-state index in [0.717, 1.165) is 49.8 Å². The molecular formula is C49H30N4O. The van der Waals surface area contributed by atoms with Gasteiger partial charge in [-0.3, -0.25) is 4.57 Å². The Hall–Kier alpha value is -7.37. The third-order valence-electron chi connectivity index (χ3n) is 11.1. The first kappa shape index (κ1) is 29.2. The van der Waals surface area contributed by atoms with Crippen molar-refractivity contribution in [2.45, 2.75) is 0 Å². The van der Waals surface area contributed by atoms with Crippen LogP contribution in [0.5, 0.6) is 0 Å². The van der Waals surface area contributed by atoms with Crippen LogP contribution in [0.2, 0.25) is 0 Å². The molecule has 0 spiro atoms. The molecule has 54 heavy (non-hydrogen) atoms. The molecule has 5 nitrogen and oxygen atoms in total. The number of benzene rings is 8. The summed E-state index contributed by atoms with van der Waals surface area (Å²) in [6, 6.07) is 65.6. The molecule has 4 aromatic heterocycles. The van der Waals surface area contributed by atoms with E-state index < -0.39 is 0 Å². The Morgan fingerprint density at radius 1 is 0.333 bits per heavy atom. The standard InChI is InChI=1S/C49H30N4O/c1-3-13-33(14-4-1)51-42-20-10-7-18-36(42)39-29-40-38-28-32(23-25-44(38)52(47(40)30-46(39)51)34-15-5-2-6-16-34)31-24-26-45-37(27-31)35-17-8-11-21-43(35)53(45)49-50-41-19-9-12-22-48(41)54-49/h1-30H. The number of fused-ring (bicyclic) bond motifs is 10. The fourth-order valence-electron chi connectivity index (χ4n) is 8.69. The lowest BCUT2D eigenvalue weighted by Crippen LogP contribution is -1.95. The third kappa shape index (κ3) is 4.12. The molecule has 0 N–H and O–H groups in total. The lowest BCUT2D eigenvalue weighted by molar-refractivity contribution is 0.574. The van der Waals surface area contributed by atoms with E-state index in [9.17, 15) is 0 Å². The van der Waals surface area contributed by atoms with Gasteiger partial charge in [-0.25, -0.2) is 0 Å². The van der Waals surface area contributed by atoms with Crippen LogP contribution in [0.3, 0.4) is 0 Å². The van der Waals surface area contributed by atoms with E-state index in [1.165, 1.54) is 49.2 Å². The van der Waals surface area contributed by atoms with Crippen LogP contribution < -0.4 is 0 Å². The van der Waals surface area contributed by atoms with Crippen molar-refractivity contribution in [2.24, 2.45) is 0 Å². The highest BCUT2D eigenvalue weighted by Crippen LogP contribution is 2.42. The van der Waals surface area contributed by atoms with Crippen molar-refractivity contribution in [1.82, 2.24) is 18.7 Å². The number of nitrogens with zero attached hydrogens (tertiary/aromatic N) is 4. The van der Waals surface area contributed by atoms with E-state index in [-0.39, 0.29) is 0 Å². The number of hydrogen-bond acceptors (Lipinski definition) is 2. The van der Waals surface area contributed by atoms with Gasteiger partial charge in [-0.2, -0.15) is 4.98 Å². The fraction of sp³-hybridized carbons (Fsp3) is 0. The Kier molecular flexibility index (Phi) is 5.99. The minimum absolute atomic E-state index is 0.574. The highest BCUT2D eigenvalue weighted by atomic mass is 16.4. The molecule has 0 aliphatic carbocycles. The normalized spacial score (nSPS) is 12.1. The molecule has 0 unspecified atom stereocenters. The van der Waals surface area contributed by atoms with E-state index in [0.29, 0.717) is 6.01 Å². The second-order valence-corrected chi connectivity index (χ2v) is 14.0. The maximum absolute atomic E-state index is 6.30. The lowest BCUT2D eigenvalue weighted by Gasteiger charge is -2.10. The monoisotopic (exact) mass is 690 g/mol. The van der Waals surface area contributed by atoms with E-state index in [1.807, 2.05) is 24.3 Å². The summed E-state index contributed by atoms with van der Waals surface area (Å²) in [6.07, 6.45) is 0. The second kappa shape index (κ2) is 11.1. The van der Waals surface area contributed by atoms with Gasteiger partial charge < -0.3 is 13.6 Å². The van der Waals surface area contributed by atoms with Crippen LogP contribution in [0.1, 0.15) is 0 Å². The van der Waals surface area contributed by atoms with Gasteiger partial charge in [0.25, 0.3) is 0 Å². The molecule has 0 fully saturated rings. The first-order valence-corrected chi connectivity index (χ1v) is 18.3. The molecule has 12 rings (SSSR count). The Morgan fingerprint density at radius 2 is 0.796 bits per heavy atom. The van der Waals surface area contributed by atoms with Gasteiger partial charge in [-0.05, 0) is 96.1 Å². The minimum Gasteiger partial charge on any atom is -0.423 e. The van der Waals surface area contributed by atoms with E-state index in [4.69, 9.17) is 9.40 Å². The van der Waals surface area contributed by atoms with Crippen molar-refractivity contribution >= 4 is 76.5 Å². The van der Waals surface area contributed by atoms with Crippen molar-refractivity contribution in [2.75, 3.05) is 0 Å². The molecule has 4 heterocycles. The molecule has 5 heteroatoms. The zero-order valence-corrected chi connectivity index (χ0v) is 29.0. The van der Waals surface area contributed by atoms with Gasteiger partial charge in [0.05, 0.1) is 33.1 Å². The number of oxazole rings is 1. The zero-order chi connectivity index (χ0) is 35.3. The largest absolute Gasteiger partial charge is 0.423 e. The molecule has 0 atom stereocenters. The summed E-state index contributed by atoms with van der Waals surface area (Å²) >= 11 is 0. The van der Waals surface area contributed by atoms with Gasteiger partial charge in [-0.1, -0.05) is 97.1 Å². The second-order valence-electron chi connectivity index (χ2n) is 14.0. The Bertz CT molecular complexity index is 3400. The van der Waals surface area contributed by atoms with E-state index >= 15 is 0 Å². The van der Waals surface area contributed by atoms with E-state index in [2.05, 4.69) is 171 Å². The number of rotatable bonds is 4. The van der Waals surface area contributed by atoms with Crippen molar-refractivity contribution in [1.29, 1.82) is 0 Å². The van der Waals surface area contributed by atoms with Gasteiger partial charge in [0.15, 0.2) is 5.58 Å². The number of aromatic nitrogens is 4. The molecular weight excluding hydrogens is 661 g/mol. The summed E-state index contributed by atoms with van der Waals surface area (Å²) in [7, 11) is 0. The first-order chi connectivity index (χ1) is 26.8. The topological polar surface area (TPSA) is 40.8 Å². The van der Waals surface area contributed by atoms with Crippen LogP contribution in [-0.2, 0) is 0 Å². The summed E-state index contributed by atoms with van der Waals surface area (Å²) in [5.41, 5.74) is 13.1. The molecule has 252 valence electrons. The van der Waals surface area contributed by atoms with Gasteiger partial charge in [0.1, 0.15) is 5.52 Å². The Morgan fingerprint density at radius 3 is 1.43 bits per heavy atom. The number of para-hydroxylation sites is 6. The molecule has 0 saturated heterocycles. The molecule has 0 amide bonds. The SMILES string of the molecule is c1ccc(-n2c3ccccc3c3cc4c5cc(-c6ccc7c(c6)c6ccccc6n7-c6nc7ccccc7o6)ccc5n(-c5ccccc5)c4cc32)cc1. The maximum Gasteiger partial charge on any atom is 0.307 e. The van der Waals surface area contributed by atoms with Gasteiger partial charge in [0.2, 0.25) is 0 Å². The lowest BCUT2D eigenvalue weighted by atomic mass is 10.00. The summed E-state index contributed by atoms with van der Waals surface area (Å²) in [4.78, 5) is 4.88. The molecule has 0 aliphatic rings. The summed E-state index contributed by atoms with van der Waals surface area (Å²) in [6.45, 7) is 0. The van der Waals surface area contributed by atoms with Crippen LogP contribution in [0, 0.1) is 0 Å². The van der Waals surface area contributed by atoms with Crippen LogP contribution in [0.15, 0.2) is 186 Å². The van der Waals surface area contributed by atoms with Crippen molar-refractivity contribution in [3.63, 3.8) is 0 Å². The zero-order valence-electron chi connectivity index (χ0n) is 29.0. The van der Waals surface area contributed by atoms with Crippen LogP contribution in [0.4, 0.5) is 0 Å². The van der Waals surface area contributed by atoms with Crippen molar-refractivity contribution < 1.29 is 4.42 Å². The number of hydrogen-bond donors (Lipinski definition) is 0. The van der Waals surface area contributed by atoms with Crippen LogP contribution in [0.25, 0.3) is 105 Å². The minimum atomic E-state index is 0.574. The quantitative estimate of drug-likeness (QED) is 0.184. The van der Waals surface area contributed by atoms with Gasteiger partial charge in [-0.15, -0.1) is 0 Å². The predicted molar refractivity (Wildman–Crippen MR) is 222 cm³/mol. The Balaban J connectivity index is 1.11. The van der Waals surface area contributed by atoms with Crippen LogP contribution in [-0.4, -0.2) is 18.7 Å². The van der Waals surface area contributed by atoms with Crippen molar-refractivity contribution in [3.8, 4) is 28.5 Å². The van der Waals surface area contributed by atoms with Crippen LogP contribution >= 0.6 is 0 Å². The highest BCUT2D eigenvalue weighted by molar-refractivity contribution is 6.20. The fourth-order valence-corrected chi connectivity index (χ4v) is 8.69. The highest BCUT2D eigenvalue weighted by Gasteiger charge is 2.20. The molecule has 0 radical (unpaired) electrons. The maximum atomic E-state index is 6.30. The smallest absolute Gasteiger partial charge is 0.307 e. The predicted octanol–water partition coefficient (Wildman–Crippen LogP) is 12.8. The average molecular weight is 691 g/mol. The molecule has 12 aromatic rings. The first-order valence-electron chi connectivity index (χ1n) is 18.3. The van der Waals surface area contributed by atoms with Gasteiger partial charge >= 0.3 is 6.01 Å². The van der Waals surface area contributed by atoms with Crippen molar-refractivity contribution in [3.05, 3.63) is 182 Å². The van der Waals surface area contributed by atoms with E-state index in [1.54, 1.807) is 0 Å². The summed E-state index contributed by atoms with van der Waals surface area (Å²) < 4.78 is 13.3. The molecule has 8 aromatic carbocycles. The average Bonchev–Trinajstić information content (AvgIpc) is 3.98. The van der Waals surface area contributed by atoms with Gasteiger partial charge in [0, 0.05) is 43.7 Å². The third-order valence-corrected chi connectivity index (χ3v) is 11.1. The summed E-state index contributed by atoms with van der Waals surface area (Å²) in [5.74, 6) is 0. The molecule has 0 saturated carbocycles. The summed E-state index contributed by atoms with van der Waals surface area (Å²) in [5, 5.41) is 7.26.